The molecule has 144 valence electrons. The molecule has 0 saturated carbocycles. The van der Waals surface area contributed by atoms with Crippen molar-refractivity contribution in [3.63, 3.8) is 0 Å². The van der Waals surface area contributed by atoms with Gasteiger partial charge in [-0.05, 0) is 18.2 Å². The van der Waals surface area contributed by atoms with Gasteiger partial charge in [0, 0.05) is 16.2 Å². The molecule has 0 atom stereocenters. The van der Waals surface area contributed by atoms with Gasteiger partial charge in [0.15, 0.2) is 5.69 Å². The molecule has 3 N–H and O–H groups in total. The number of hydrogen-bond donors (Lipinski definition) is 2. The van der Waals surface area contributed by atoms with Gasteiger partial charge < -0.3 is 5.73 Å². The molecule has 1 aromatic carbocycles. The van der Waals surface area contributed by atoms with Gasteiger partial charge in [-0.1, -0.05) is 29.8 Å². The number of para-hydroxylation sites is 1. The van der Waals surface area contributed by atoms with Crippen LogP contribution in [-0.2, 0) is 11.9 Å². The average molecular weight is 426 g/mol. The maximum absolute atomic E-state index is 13.5. The molecule has 4 aromatic rings. The van der Waals surface area contributed by atoms with Crippen molar-refractivity contribution >= 4 is 40.3 Å². The number of rotatable bonds is 4. The summed E-state index contributed by atoms with van der Waals surface area (Å²) < 4.78 is 41.7. The van der Waals surface area contributed by atoms with Crippen LogP contribution in [0.1, 0.15) is 11.3 Å². The summed E-state index contributed by atoms with van der Waals surface area (Å²) in [6.07, 6.45) is -4.65. The second-order valence-corrected chi connectivity index (χ2v) is 7.07. The lowest BCUT2D eigenvalue weighted by atomic mass is 10.2. The van der Waals surface area contributed by atoms with Crippen molar-refractivity contribution in [2.24, 2.45) is 0 Å². The van der Waals surface area contributed by atoms with Gasteiger partial charge in [-0.2, -0.15) is 28.6 Å². The highest BCUT2D eigenvalue weighted by Gasteiger charge is 2.39. The van der Waals surface area contributed by atoms with E-state index in [0.717, 1.165) is 16.4 Å². The maximum atomic E-state index is 13.5. The summed E-state index contributed by atoms with van der Waals surface area (Å²) in [7, 11) is 0. The number of pyridine rings is 1. The number of nitrogens with zero attached hydrogens (tertiary/aromatic N) is 5. The lowest BCUT2D eigenvalue weighted by Gasteiger charge is -2.07. The lowest BCUT2D eigenvalue weighted by Crippen LogP contribution is -2.09. The Morgan fingerprint density at radius 3 is 2.64 bits per heavy atom. The summed E-state index contributed by atoms with van der Waals surface area (Å²) in [4.78, 5) is 4.54. The first kappa shape index (κ1) is 18.6. The Balaban J connectivity index is 1.74. The van der Waals surface area contributed by atoms with Gasteiger partial charge in [0.1, 0.15) is 16.5 Å². The van der Waals surface area contributed by atoms with Crippen LogP contribution in [0.4, 0.5) is 19.0 Å². The molecule has 0 radical (unpaired) electrons. The Morgan fingerprint density at radius 2 is 1.93 bits per heavy atom. The van der Waals surface area contributed by atoms with E-state index < -0.39 is 11.9 Å². The molecular weight excluding hydrogens is 415 g/mol. The standard InChI is InChI=1S/C16H11ClF3N7S/c17-14-9(7-28-10-6-11(21)22-15-12(10)23-26-24-15)13(16(18,19)20)25-27(14)8-4-2-1-3-5-8/h1-6H,7H2,(H3,21,22,23,24,26). The molecule has 0 aliphatic rings. The third-order valence-electron chi connectivity index (χ3n) is 3.84. The third kappa shape index (κ3) is 3.38. The number of nitrogens with two attached hydrogens (primary N) is 1. The minimum atomic E-state index is -4.65. The topological polar surface area (TPSA) is 98.3 Å². The van der Waals surface area contributed by atoms with Crippen molar-refractivity contribution in [1.29, 1.82) is 0 Å². The van der Waals surface area contributed by atoms with E-state index in [2.05, 4.69) is 25.5 Å². The molecule has 0 unspecified atom stereocenters. The van der Waals surface area contributed by atoms with E-state index in [0.29, 0.717) is 16.1 Å². The largest absolute Gasteiger partial charge is 0.435 e. The number of benzene rings is 1. The molecule has 12 heteroatoms. The Morgan fingerprint density at radius 1 is 1.18 bits per heavy atom. The molecule has 0 saturated heterocycles. The van der Waals surface area contributed by atoms with Crippen molar-refractivity contribution in [2.75, 3.05) is 5.73 Å². The van der Waals surface area contributed by atoms with Gasteiger partial charge in [-0.15, -0.1) is 16.9 Å². The van der Waals surface area contributed by atoms with Crippen LogP contribution in [0.5, 0.6) is 0 Å². The number of thioether (sulfide) groups is 1. The van der Waals surface area contributed by atoms with E-state index in [1.165, 1.54) is 6.07 Å². The van der Waals surface area contributed by atoms with E-state index in [4.69, 9.17) is 17.3 Å². The molecule has 0 aliphatic carbocycles. The molecule has 0 amide bonds. The van der Waals surface area contributed by atoms with E-state index in [-0.39, 0.29) is 27.9 Å². The number of halogens is 4. The number of H-pyrrole nitrogens is 1. The molecule has 0 bridgehead atoms. The van der Waals surface area contributed by atoms with Crippen LogP contribution in [0.3, 0.4) is 0 Å². The minimum absolute atomic E-state index is 0.0913. The Bertz CT molecular complexity index is 1140. The van der Waals surface area contributed by atoms with Crippen LogP contribution in [0.15, 0.2) is 41.3 Å². The minimum Gasteiger partial charge on any atom is -0.384 e. The van der Waals surface area contributed by atoms with Gasteiger partial charge >= 0.3 is 6.18 Å². The highest BCUT2D eigenvalue weighted by Crippen LogP contribution is 2.39. The predicted molar refractivity (Wildman–Crippen MR) is 99.2 cm³/mol. The zero-order chi connectivity index (χ0) is 19.9. The number of aromatic nitrogens is 6. The monoisotopic (exact) mass is 425 g/mol. The zero-order valence-electron chi connectivity index (χ0n) is 13.9. The van der Waals surface area contributed by atoms with Crippen LogP contribution in [0.25, 0.3) is 16.9 Å². The zero-order valence-corrected chi connectivity index (χ0v) is 15.5. The smallest absolute Gasteiger partial charge is 0.384 e. The summed E-state index contributed by atoms with van der Waals surface area (Å²) in [5, 5.41) is 13.8. The second kappa shape index (κ2) is 6.99. The highest BCUT2D eigenvalue weighted by atomic mass is 35.5. The molecule has 0 aliphatic heterocycles. The van der Waals surface area contributed by atoms with Crippen LogP contribution < -0.4 is 5.73 Å². The quantitative estimate of drug-likeness (QED) is 0.478. The SMILES string of the molecule is Nc1cc(SCc2c(C(F)(F)F)nn(-c3ccccc3)c2Cl)c2n[nH]nc2n1. The fraction of sp³-hybridized carbons (Fsp3) is 0.125. The second-order valence-electron chi connectivity index (χ2n) is 5.69. The van der Waals surface area contributed by atoms with Crippen LogP contribution >= 0.6 is 23.4 Å². The van der Waals surface area contributed by atoms with Crippen LogP contribution in [0.2, 0.25) is 5.15 Å². The number of alkyl halides is 3. The highest BCUT2D eigenvalue weighted by molar-refractivity contribution is 7.98. The number of anilines is 1. The average Bonchev–Trinajstić information content (AvgIpc) is 3.24. The molecule has 28 heavy (non-hydrogen) atoms. The molecule has 4 rings (SSSR count). The van der Waals surface area contributed by atoms with Crippen molar-refractivity contribution in [2.45, 2.75) is 16.8 Å². The van der Waals surface area contributed by atoms with E-state index in [1.807, 2.05) is 0 Å². The summed E-state index contributed by atoms with van der Waals surface area (Å²) >= 11 is 7.38. The van der Waals surface area contributed by atoms with Gasteiger partial charge in [0.25, 0.3) is 0 Å². The molecule has 0 fully saturated rings. The fourth-order valence-electron chi connectivity index (χ4n) is 2.61. The van der Waals surface area contributed by atoms with Gasteiger partial charge in [-0.25, -0.2) is 9.67 Å². The van der Waals surface area contributed by atoms with Crippen molar-refractivity contribution in [3.05, 3.63) is 52.8 Å². The Kier molecular flexibility index (Phi) is 4.63. The van der Waals surface area contributed by atoms with Gasteiger partial charge in [-0.3, -0.25) is 0 Å². The number of fused-ring (bicyclic) bond motifs is 1. The van der Waals surface area contributed by atoms with Crippen molar-refractivity contribution < 1.29 is 13.2 Å². The molecule has 0 spiro atoms. The first-order chi connectivity index (χ1) is 13.3. The summed E-state index contributed by atoms with van der Waals surface area (Å²) in [5.74, 6) is 0.0948. The third-order valence-corrected chi connectivity index (χ3v) is 5.28. The van der Waals surface area contributed by atoms with E-state index >= 15 is 0 Å². The number of aromatic amines is 1. The van der Waals surface area contributed by atoms with Crippen molar-refractivity contribution in [3.8, 4) is 5.69 Å². The number of hydrogen-bond acceptors (Lipinski definition) is 6. The summed E-state index contributed by atoms with van der Waals surface area (Å²) in [6.45, 7) is 0. The van der Waals surface area contributed by atoms with Crippen molar-refractivity contribution in [1.82, 2.24) is 30.2 Å². The molecule has 7 nitrogen and oxygen atoms in total. The number of nitrogens with one attached hydrogen (secondary N) is 1. The maximum Gasteiger partial charge on any atom is 0.435 e. The summed E-state index contributed by atoms with van der Waals surface area (Å²) in [6, 6.07) is 9.90. The lowest BCUT2D eigenvalue weighted by molar-refractivity contribution is -0.141. The van der Waals surface area contributed by atoms with E-state index in [9.17, 15) is 13.2 Å². The Hall–Kier alpha value is -2.79. The normalized spacial score (nSPS) is 12.0. The Labute approximate surface area is 165 Å². The van der Waals surface area contributed by atoms with Crippen LogP contribution in [0, 0.1) is 0 Å². The van der Waals surface area contributed by atoms with Gasteiger partial charge in [0.05, 0.1) is 5.69 Å². The predicted octanol–water partition coefficient (Wildman–Crippen LogP) is 4.09. The number of nitrogen functional groups attached to an aromatic ring is 1. The summed E-state index contributed by atoms with van der Waals surface area (Å²) in [5.41, 5.74) is 5.70. The first-order valence-corrected chi connectivity index (χ1v) is 9.21. The fourth-order valence-corrected chi connectivity index (χ4v) is 4.03. The van der Waals surface area contributed by atoms with Gasteiger partial charge in [0.2, 0.25) is 5.65 Å². The molecule has 3 heterocycles. The first-order valence-electron chi connectivity index (χ1n) is 7.84. The van der Waals surface area contributed by atoms with Crippen LogP contribution in [-0.4, -0.2) is 30.2 Å². The molecule has 3 aromatic heterocycles. The molecular formula is C16H11ClF3N7S. The van der Waals surface area contributed by atoms with E-state index in [1.54, 1.807) is 30.3 Å².